The van der Waals surface area contributed by atoms with Crippen LogP contribution in [0, 0.1) is 0 Å². The van der Waals surface area contributed by atoms with Gasteiger partial charge in [0, 0.05) is 28.7 Å². The molecular formula is C23H26FNO2. The molecule has 2 aliphatic rings. The van der Waals surface area contributed by atoms with Crippen LogP contribution in [0.3, 0.4) is 0 Å². The number of halogens is 1. The van der Waals surface area contributed by atoms with Crippen LogP contribution in [-0.2, 0) is 19.5 Å². The molecule has 0 saturated heterocycles. The van der Waals surface area contributed by atoms with Crippen LogP contribution >= 0.6 is 0 Å². The monoisotopic (exact) mass is 367 g/mol. The van der Waals surface area contributed by atoms with Gasteiger partial charge >= 0.3 is 0 Å². The van der Waals surface area contributed by atoms with E-state index in [-0.39, 0.29) is 11.1 Å². The van der Waals surface area contributed by atoms with Crippen LogP contribution in [0.4, 0.5) is 4.39 Å². The maximum Gasteiger partial charge on any atom is 0.167 e. The summed E-state index contributed by atoms with van der Waals surface area (Å²) in [5.41, 5.74) is 5.04. The minimum absolute atomic E-state index is 0.309. The molecule has 0 unspecified atom stereocenters. The molecule has 4 heteroatoms. The van der Waals surface area contributed by atoms with Crippen molar-refractivity contribution < 1.29 is 13.9 Å². The first-order valence-electron chi connectivity index (χ1n) is 9.41. The Labute approximate surface area is 160 Å². The Morgan fingerprint density at radius 3 is 2.41 bits per heavy atom. The Kier molecular flexibility index (Phi) is 4.06. The second kappa shape index (κ2) is 6.08. The number of benzene rings is 2. The van der Waals surface area contributed by atoms with Gasteiger partial charge in [-0.15, -0.1) is 0 Å². The van der Waals surface area contributed by atoms with Gasteiger partial charge in [0.05, 0.1) is 18.4 Å². The molecule has 0 atom stereocenters. The SMILES string of the molecule is COc1c(CF)c2c(c3c1OC(C)(C)C3)C(c1ccccc1)=NC(C)(C)C2. The van der Waals surface area contributed by atoms with Gasteiger partial charge in [0.15, 0.2) is 11.5 Å². The zero-order valence-corrected chi connectivity index (χ0v) is 16.6. The number of fused-ring (bicyclic) bond motifs is 3. The van der Waals surface area contributed by atoms with E-state index in [0.29, 0.717) is 23.5 Å². The summed E-state index contributed by atoms with van der Waals surface area (Å²) < 4.78 is 26.1. The maximum absolute atomic E-state index is 14.2. The summed E-state index contributed by atoms with van der Waals surface area (Å²) in [4.78, 5) is 5.08. The molecule has 3 nitrogen and oxygen atoms in total. The lowest BCUT2D eigenvalue weighted by Crippen LogP contribution is -2.31. The lowest BCUT2D eigenvalue weighted by atomic mass is 9.78. The van der Waals surface area contributed by atoms with E-state index in [1.54, 1.807) is 7.11 Å². The average Bonchev–Trinajstić information content (AvgIpc) is 2.94. The summed E-state index contributed by atoms with van der Waals surface area (Å²) in [5, 5.41) is 0. The molecule has 0 N–H and O–H groups in total. The van der Waals surface area contributed by atoms with E-state index in [1.807, 2.05) is 18.2 Å². The number of hydrogen-bond acceptors (Lipinski definition) is 3. The van der Waals surface area contributed by atoms with Gasteiger partial charge in [0.2, 0.25) is 0 Å². The smallest absolute Gasteiger partial charge is 0.167 e. The van der Waals surface area contributed by atoms with Crippen LogP contribution in [0.25, 0.3) is 0 Å². The van der Waals surface area contributed by atoms with Gasteiger partial charge in [-0.2, -0.15) is 0 Å². The van der Waals surface area contributed by atoms with Crippen LogP contribution in [0.1, 0.15) is 55.5 Å². The molecular weight excluding hydrogens is 341 g/mol. The lowest BCUT2D eigenvalue weighted by Gasteiger charge is -2.32. The molecule has 27 heavy (non-hydrogen) atoms. The normalized spacial score (nSPS) is 19.0. The molecule has 0 amide bonds. The largest absolute Gasteiger partial charge is 0.492 e. The molecule has 2 aromatic rings. The van der Waals surface area contributed by atoms with Crippen molar-refractivity contribution in [2.75, 3.05) is 7.11 Å². The van der Waals surface area contributed by atoms with Crippen LogP contribution in [-0.4, -0.2) is 24.0 Å². The third-order valence-electron chi connectivity index (χ3n) is 5.35. The summed E-state index contributed by atoms with van der Waals surface area (Å²) in [6.07, 6.45) is 1.43. The van der Waals surface area contributed by atoms with Crippen molar-refractivity contribution in [3.8, 4) is 11.5 Å². The standard InChI is InChI=1S/C23H26FNO2/c1-22(2)11-15-17(13-24)20(26-5)21-16(12-23(3,4)27-21)18(15)19(25-22)14-9-7-6-8-10-14/h6-10H,11-13H2,1-5H3. The highest BCUT2D eigenvalue weighted by atomic mass is 19.1. The van der Waals surface area contributed by atoms with Crippen molar-refractivity contribution in [3.63, 3.8) is 0 Å². The Hall–Kier alpha value is -2.36. The fourth-order valence-electron chi connectivity index (χ4n) is 4.35. The third-order valence-corrected chi connectivity index (χ3v) is 5.35. The first-order valence-corrected chi connectivity index (χ1v) is 9.41. The number of alkyl halides is 1. The van der Waals surface area contributed by atoms with Crippen molar-refractivity contribution in [1.82, 2.24) is 0 Å². The molecule has 0 radical (unpaired) electrons. The highest BCUT2D eigenvalue weighted by molar-refractivity contribution is 6.16. The third kappa shape index (κ3) is 2.91. The molecule has 0 saturated carbocycles. The summed E-state index contributed by atoms with van der Waals surface area (Å²) in [7, 11) is 1.59. The van der Waals surface area contributed by atoms with Crippen molar-refractivity contribution in [1.29, 1.82) is 0 Å². The molecule has 142 valence electrons. The van der Waals surface area contributed by atoms with E-state index >= 15 is 0 Å². The van der Waals surface area contributed by atoms with E-state index < -0.39 is 6.67 Å². The lowest BCUT2D eigenvalue weighted by molar-refractivity contribution is 0.133. The van der Waals surface area contributed by atoms with Gasteiger partial charge in [-0.1, -0.05) is 30.3 Å². The summed E-state index contributed by atoms with van der Waals surface area (Å²) in [5.74, 6) is 1.22. The van der Waals surface area contributed by atoms with Gasteiger partial charge in [0.25, 0.3) is 0 Å². The van der Waals surface area contributed by atoms with Gasteiger partial charge in [-0.05, 0) is 39.7 Å². The zero-order valence-electron chi connectivity index (χ0n) is 16.6. The van der Waals surface area contributed by atoms with Crippen molar-refractivity contribution in [3.05, 3.63) is 58.1 Å². The van der Waals surface area contributed by atoms with Gasteiger partial charge in [-0.3, -0.25) is 4.99 Å². The molecule has 4 rings (SSSR count). The van der Waals surface area contributed by atoms with E-state index in [9.17, 15) is 4.39 Å². The molecule has 2 aromatic carbocycles. The number of methoxy groups -OCH3 is 1. The first-order chi connectivity index (χ1) is 12.8. The van der Waals surface area contributed by atoms with E-state index in [4.69, 9.17) is 14.5 Å². The molecule has 2 aliphatic heterocycles. The predicted octanol–water partition coefficient (Wildman–Crippen LogP) is 5.05. The molecule has 0 spiro atoms. The number of aliphatic imine (C=N–C) groups is 1. The van der Waals surface area contributed by atoms with E-state index in [2.05, 4.69) is 39.8 Å². The summed E-state index contributed by atoms with van der Waals surface area (Å²) in [6, 6.07) is 10.2. The second-order valence-electron chi connectivity index (χ2n) is 8.66. The maximum atomic E-state index is 14.2. The minimum atomic E-state index is -0.583. The van der Waals surface area contributed by atoms with Gasteiger partial charge in [-0.25, -0.2) is 4.39 Å². The van der Waals surface area contributed by atoms with E-state index in [1.165, 1.54) is 0 Å². The highest BCUT2D eigenvalue weighted by Crippen LogP contribution is 2.50. The Bertz CT molecular complexity index is 929. The van der Waals surface area contributed by atoms with Crippen LogP contribution in [0.5, 0.6) is 11.5 Å². The molecule has 0 bridgehead atoms. The number of ether oxygens (including phenoxy) is 2. The number of nitrogens with zero attached hydrogens (tertiary/aromatic N) is 1. The van der Waals surface area contributed by atoms with Crippen LogP contribution in [0.2, 0.25) is 0 Å². The van der Waals surface area contributed by atoms with Crippen molar-refractivity contribution in [2.24, 2.45) is 4.99 Å². The molecule has 0 fully saturated rings. The summed E-state index contributed by atoms with van der Waals surface area (Å²) >= 11 is 0. The quantitative estimate of drug-likeness (QED) is 0.760. The minimum Gasteiger partial charge on any atom is -0.492 e. The summed E-state index contributed by atoms with van der Waals surface area (Å²) in [6.45, 7) is 7.73. The predicted molar refractivity (Wildman–Crippen MR) is 106 cm³/mol. The van der Waals surface area contributed by atoms with Crippen LogP contribution in [0.15, 0.2) is 35.3 Å². The second-order valence-corrected chi connectivity index (χ2v) is 8.66. The Balaban J connectivity index is 2.07. The van der Waals surface area contributed by atoms with Gasteiger partial charge < -0.3 is 9.47 Å². The molecule has 0 aromatic heterocycles. The van der Waals surface area contributed by atoms with Gasteiger partial charge in [0.1, 0.15) is 12.3 Å². The van der Waals surface area contributed by atoms with Crippen LogP contribution < -0.4 is 9.47 Å². The van der Waals surface area contributed by atoms with E-state index in [0.717, 1.165) is 34.4 Å². The molecule has 0 aliphatic carbocycles. The first kappa shape index (κ1) is 18.0. The fourth-order valence-corrected chi connectivity index (χ4v) is 4.35. The fraction of sp³-hybridized carbons (Fsp3) is 0.435. The average molecular weight is 367 g/mol. The molecule has 2 heterocycles. The Morgan fingerprint density at radius 2 is 1.78 bits per heavy atom. The number of hydrogen-bond donors (Lipinski definition) is 0. The highest BCUT2D eigenvalue weighted by Gasteiger charge is 2.41. The topological polar surface area (TPSA) is 30.8 Å². The Morgan fingerprint density at radius 1 is 1.07 bits per heavy atom. The van der Waals surface area contributed by atoms with Crippen molar-refractivity contribution >= 4 is 5.71 Å². The number of rotatable bonds is 3. The van der Waals surface area contributed by atoms with Crippen molar-refractivity contribution in [2.45, 2.75) is 58.4 Å². The zero-order chi connectivity index (χ0) is 19.4.